The maximum absolute atomic E-state index is 12.6. The summed E-state index contributed by atoms with van der Waals surface area (Å²) in [6, 6.07) is 3.43. The van der Waals surface area contributed by atoms with E-state index in [1.54, 1.807) is 21.7 Å². The number of Topliss-reactive ketones (excluding diaryl/α,β-unsaturated/α-hetero) is 1. The molecule has 1 aliphatic heterocycles. The van der Waals surface area contributed by atoms with Crippen molar-refractivity contribution in [2.75, 3.05) is 18.8 Å². The number of H-pyrrole nitrogens is 1. The average molecular weight is 417 g/mol. The van der Waals surface area contributed by atoms with Crippen LogP contribution in [0.15, 0.2) is 33.7 Å². The molecule has 0 aromatic carbocycles. The summed E-state index contributed by atoms with van der Waals surface area (Å²) in [7, 11) is 0. The Labute approximate surface area is 169 Å². The number of aromatic amines is 1. The quantitative estimate of drug-likeness (QED) is 0.379. The van der Waals surface area contributed by atoms with Crippen molar-refractivity contribution in [3.05, 3.63) is 45.3 Å². The fourth-order valence-electron chi connectivity index (χ4n) is 3.30. The van der Waals surface area contributed by atoms with Gasteiger partial charge in [0.25, 0.3) is 11.5 Å². The third-order valence-electron chi connectivity index (χ3n) is 4.81. The molecule has 1 amide bonds. The first-order chi connectivity index (χ1) is 13.6. The van der Waals surface area contributed by atoms with Crippen LogP contribution >= 0.6 is 23.1 Å². The highest BCUT2D eigenvalue weighted by atomic mass is 32.2. The van der Waals surface area contributed by atoms with E-state index in [9.17, 15) is 14.4 Å². The van der Waals surface area contributed by atoms with Gasteiger partial charge < -0.3 is 9.88 Å². The summed E-state index contributed by atoms with van der Waals surface area (Å²) in [4.78, 5) is 46.8. The summed E-state index contributed by atoms with van der Waals surface area (Å²) in [6.45, 7) is 3.91. The van der Waals surface area contributed by atoms with E-state index in [0.717, 1.165) is 25.9 Å². The first-order valence-corrected chi connectivity index (χ1v) is 11.1. The molecule has 0 aliphatic carbocycles. The van der Waals surface area contributed by atoms with Crippen LogP contribution in [-0.2, 0) is 6.54 Å². The van der Waals surface area contributed by atoms with Crippen molar-refractivity contribution in [1.29, 1.82) is 0 Å². The van der Waals surface area contributed by atoms with Crippen LogP contribution in [0.1, 0.15) is 40.6 Å². The topological polar surface area (TPSA) is 88.1 Å². The van der Waals surface area contributed by atoms with Gasteiger partial charge in [-0.2, -0.15) is 0 Å². The zero-order chi connectivity index (χ0) is 19.7. The van der Waals surface area contributed by atoms with Crippen LogP contribution in [0, 0.1) is 0 Å². The van der Waals surface area contributed by atoms with Crippen molar-refractivity contribution in [2.24, 2.45) is 0 Å². The molecule has 1 aliphatic rings. The van der Waals surface area contributed by atoms with Gasteiger partial charge in [-0.3, -0.25) is 19.0 Å². The Balaban J connectivity index is 1.48. The van der Waals surface area contributed by atoms with Crippen molar-refractivity contribution >= 4 is 45.0 Å². The number of nitrogens with zero attached hydrogens (tertiary/aromatic N) is 3. The van der Waals surface area contributed by atoms with Gasteiger partial charge in [-0.25, -0.2) is 4.98 Å². The van der Waals surface area contributed by atoms with Crippen LogP contribution in [0.3, 0.4) is 0 Å². The largest absolute Gasteiger partial charge is 0.356 e. The molecule has 0 unspecified atom stereocenters. The minimum absolute atomic E-state index is 0.0615. The van der Waals surface area contributed by atoms with Gasteiger partial charge in [0, 0.05) is 31.4 Å². The number of rotatable bonds is 6. The second kappa shape index (κ2) is 7.92. The van der Waals surface area contributed by atoms with Crippen molar-refractivity contribution in [3.63, 3.8) is 0 Å². The molecule has 0 spiro atoms. The number of ketones is 1. The third-order valence-corrected chi connectivity index (χ3v) is 6.68. The van der Waals surface area contributed by atoms with E-state index in [-0.39, 0.29) is 23.0 Å². The Morgan fingerprint density at radius 2 is 2.11 bits per heavy atom. The second-order valence-electron chi connectivity index (χ2n) is 6.59. The number of thiophene rings is 1. The lowest BCUT2D eigenvalue weighted by Gasteiger charge is -2.13. The Bertz CT molecular complexity index is 1090. The first kappa shape index (κ1) is 18.9. The molecular weight excluding hydrogens is 396 g/mol. The Morgan fingerprint density at radius 1 is 1.32 bits per heavy atom. The van der Waals surface area contributed by atoms with Gasteiger partial charge in [-0.15, -0.1) is 11.3 Å². The van der Waals surface area contributed by atoms with Crippen molar-refractivity contribution in [2.45, 2.75) is 31.5 Å². The van der Waals surface area contributed by atoms with E-state index in [4.69, 9.17) is 0 Å². The van der Waals surface area contributed by atoms with E-state index in [2.05, 4.69) is 9.97 Å². The molecule has 1 saturated heterocycles. The van der Waals surface area contributed by atoms with Gasteiger partial charge in [-0.1, -0.05) is 11.8 Å². The highest BCUT2D eigenvalue weighted by Gasteiger charge is 2.22. The summed E-state index contributed by atoms with van der Waals surface area (Å²) in [5.41, 5.74) is 1.50. The van der Waals surface area contributed by atoms with Gasteiger partial charge in [0.2, 0.25) is 0 Å². The van der Waals surface area contributed by atoms with E-state index in [1.165, 1.54) is 23.1 Å². The number of amides is 1. The number of carbonyl (C=O) groups excluding carboxylic acids is 2. The molecule has 9 heteroatoms. The Hall–Kier alpha value is -2.39. The zero-order valence-corrected chi connectivity index (χ0v) is 17.1. The molecule has 0 bridgehead atoms. The van der Waals surface area contributed by atoms with E-state index in [1.807, 2.05) is 18.4 Å². The summed E-state index contributed by atoms with van der Waals surface area (Å²) in [5.74, 6) is -0.0188. The van der Waals surface area contributed by atoms with Gasteiger partial charge in [0.05, 0.1) is 11.3 Å². The summed E-state index contributed by atoms with van der Waals surface area (Å²) in [6.07, 6.45) is 3.62. The second-order valence-corrected chi connectivity index (χ2v) is 8.45. The molecule has 1 fully saturated rings. The number of likely N-dealkylation sites (tertiary alicyclic amines) is 1. The normalized spacial score (nSPS) is 14.1. The molecule has 4 heterocycles. The molecule has 7 nitrogen and oxygen atoms in total. The Morgan fingerprint density at radius 3 is 2.86 bits per heavy atom. The molecule has 0 radical (unpaired) electrons. The monoisotopic (exact) mass is 416 g/mol. The van der Waals surface area contributed by atoms with Crippen molar-refractivity contribution in [3.8, 4) is 0 Å². The number of aromatic nitrogens is 3. The minimum Gasteiger partial charge on any atom is -0.356 e. The van der Waals surface area contributed by atoms with Gasteiger partial charge in [0.1, 0.15) is 10.4 Å². The highest BCUT2D eigenvalue weighted by Crippen LogP contribution is 2.22. The molecule has 28 heavy (non-hydrogen) atoms. The maximum atomic E-state index is 12.6. The summed E-state index contributed by atoms with van der Waals surface area (Å²) in [5, 5.41) is 2.38. The third kappa shape index (κ3) is 3.51. The number of fused-ring (bicyclic) bond motifs is 1. The van der Waals surface area contributed by atoms with Crippen LogP contribution in [0.2, 0.25) is 0 Å². The number of thioether (sulfide) groups is 1. The molecule has 1 N–H and O–H groups in total. The Kier molecular flexibility index (Phi) is 5.36. The number of hydrogen-bond donors (Lipinski definition) is 1. The first-order valence-electron chi connectivity index (χ1n) is 9.20. The van der Waals surface area contributed by atoms with Crippen LogP contribution in [0.4, 0.5) is 0 Å². The highest BCUT2D eigenvalue weighted by molar-refractivity contribution is 7.99. The SMILES string of the molecule is CCn1c(SCC(=O)c2c[nH]c(C(=O)N3CCCC3)c2)nc2ccsc2c1=O. The fraction of sp³-hybridized carbons (Fsp3) is 0.368. The van der Waals surface area contributed by atoms with E-state index in [0.29, 0.717) is 33.2 Å². The number of carbonyl (C=O) groups is 2. The van der Waals surface area contributed by atoms with Gasteiger partial charge >= 0.3 is 0 Å². The van der Waals surface area contributed by atoms with Crippen LogP contribution in [-0.4, -0.2) is 50.0 Å². The lowest BCUT2D eigenvalue weighted by molar-refractivity contribution is 0.0787. The number of nitrogens with one attached hydrogen (secondary N) is 1. The molecule has 0 atom stereocenters. The lowest BCUT2D eigenvalue weighted by atomic mass is 10.2. The lowest BCUT2D eigenvalue weighted by Crippen LogP contribution is -2.27. The van der Waals surface area contributed by atoms with Crippen molar-refractivity contribution in [1.82, 2.24) is 19.4 Å². The van der Waals surface area contributed by atoms with Gasteiger partial charge in [0.15, 0.2) is 10.9 Å². The fourth-order valence-corrected chi connectivity index (χ4v) is 5.03. The predicted molar refractivity (Wildman–Crippen MR) is 111 cm³/mol. The minimum atomic E-state index is -0.107. The standard InChI is InChI=1S/C19H20N4O3S2/c1-2-23-18(26)16-13(5-8-27-16)21-19(23)28-11-15(24)12-9-14(20-10-12)17(25)22-6-3-4-7-22/h5,8-10,20H,2-4,6-7,11H2,1H3. The van der Waals surface area contributed by atoms with Crippen LogP contribution in [0.5, 0.6) is 0 Å². The molecule has 4 rings (SSSR count). The molecule has 146 valence electrons. The van der Waals surface area contributed by atoms with E-state index < -0.39 is 0 Å². The molecular formula is C19H20N4O3S2. The van der Waals surface area contributed by atoms with E-state index >= 15 is 0 Å². The smallest absolute Gasteiger partial charge is 0.272 e. The van der Waals surface area contributed by atoms with Crippen LogP contribution < -0.4 is 5.56 Å². The summed E-state index contributed by atoms with van der Waals surface area (Å²) >= 11 is 2.62. The molecule has 0 saturated carbocycles. The molecule has 3 aromatic heterocycles. The van der Waals surface area contributed by atoms with Crippen LogP contribution in [0.25, 0.3) is 10.2 Å². The average Bonchev–Trinajstić information content (AvgIpc) is 3.46. The molecule has 3 aromatic rings. The number of hydrogen-bond acceptors (Lipinski definition) is 6. The predicted octanol–water partition coefficient (Wildman–Crippen LogP) is 3.02. The zero-order valence-electron chi connectivity index (χ0n) is 15.4. The summed E-state index contributed by atoms with van der Waals surface area (Å²) < 4.78 is 2.23. The maximum Gasteiger partial charge on any atom is 0.272 e. The van der Waals surface area contributed by atoms with Gasteiger partial charge in [-0.05, 0) is 37.3 Å². The van der Waals surface area contributed by atoms with Crippen molar-refractivity contribution < 1.29 is 9.59 Å².